The normalized spacial score (nSPS) is 15.9. The molecule has 0 radical (unpaired) electrons. The number of halogens is 2. The van der Waals surface area contributed by atoms with Gasteiger partial charge >= 0.3 is 0 Å². The molecule has 2 heterocycles. The highest BCUT2D eigenvalue weighted by Crippen LogP contribution is 2.33. The van der Waals surface area contributed by atoms with E-state index in [4.69, 9.17) is 20.8 Å². The number of rotatable bonds is 8. The highest BCUT2D eigenvalue weighted by atomic mass is 127. The standard InChI is InChI=1S/C21H28ClN5O3.HI/c1-3-23-21(25-13-20(28)24-12-17-5-4-10-30-17)26-16-8-9-27(14-16)18-11-15(22)6-7-19(18)29-2;/h4-7,10-11,16H,3,8-9,12-14H2,1-2H3,(H,24,28)(H2,23,25,26);1H. The Balaban J connectivity index is 0.00000341. The number of carbonyl (C=O) groups excluding carboxylic acids is 1. The van der Waals surface area contributed by atoms with Crippen LogP contribution in [0.2, 0.25) is 5.02 Å². The van der Waals surface area contributed by atoms with Crippen LogP contribution in [0.5, 0.6) is 5.75 Å². The molecule has 1 unspecified atom stereocenters. The molecule has 0 bridgehead atoms. The Morgan fingerprint density at radius 3 is 2.90 bits per heavy atom. The third-order valence-electron chi connectivity index (χ3n) is 4.78. The van der Waals surface area contributed by atoms with Gasteiger partial charge in [0.2, 0.25) is 5.91 Å². The Bertz CT molecular complexity index is 863. The van der Waals surface area contributed by atoms with Crippen LogP contribution < -0.4 is 25.6 Å². The Kier molecular flexibility index (Phi) is 10.3. The van der Waals surface area contributed by atoms with Crippen LogP contribution in [0.4, 0.5) is 5.69 Å². The number of aliphatic imine (C=N–C) groups is 1. The lowest BCUT2D eigenvalue weighted by Crippen LogP contribution is -2.45. The number of benzene rings is 1. The van der Waals surface area contributed by atoms with E-state index in [9.17, 15) is 4.79 Å². The van der Waals surface area contributed by atoms with Crippen molar-refractivity contribution >= 4 is 53.1 Å². The van der Waals surface area contributed by atoms with Crippen molar-refractivity contribution in [3.63, 3.8) is 0 Å². The number of hydrogen-bond donors (Lipinski definition) is 3. The van der Waals surface area contributed by atoms with E-state index >= 15 is 0 Å². The third kappa shape index (κ3) is 7.49. The maximum absolute atomic E-state index is 12.1. The number of hydrogen-bond acceptors (Lipinski definition) is 5. The molecule has 1 atom stereocenters. The van der Waals surface area contributed by atoms with E-state index in [-0.39, 0.29) is 42.5 Å². The first-order valence-corrected chi connectivity index (χ1v) is 10.4. The number of methoxy groups -OCH3 is 1. The number of nitrogens with one attached hydrogen (secondary N) is 3. The average molecular weight is 562 g/mol. The quantitative estimate of drug-likeness (QED) is 0.261. The topological polar surface area (TPSA) is 91.1 Å². The number of carbonyl (C=O) groups is 1. The van der Waals surface area contributed by atoms with Crippen molar-refractivity contribution in [3.8, 4) is 5.75 Å². The SMILES string of the molecule is CCNC(=NCC(=O)NCc1ccco1)NC1CCN(c2cc(Cl)ccc2OC)C1.I. The number of guanidine groups is 1. The van der Waals surface area contributed by atoms with E-state index in [1.165, 1.54) is 0 Å². The zero-order valence-electron chi connectivity index (χ0n) is 17.7. The van der Waals surface area contributed by atoms with Crippen LogP contribution >= 0.6 is 35.6 Å². The lowest BCUT2D eigenvalue weighted by atomic mass is 10.2. The molecule has 170 valence electrons. The van der Waals surface area contributed by atoms with Crippen molar-refractivity contribution in [1.29, 1.82) is 0 Å². The van der Waals surface area contributed by atoms with Gasteiger partial charge in [0.05, 0.1) is 25.6 Å². The highest BCUT2D eigenvalue weighted by Gasteiger charge is 2.25. The minimum Gasteiger partial charge on any atom is -0.495 e. The molecule has 31 heavy (non-hydrogen) atoms. The second kappa shape index (κ2) is 12.7. The summed E-state index contributed by atoms with van der Waals surface area (Å²) in [4.78, 5) is 18.7. The van der Waals surface area contributed by atoms with Crippen LogP contribution in [-0.2, 0) is 11.3 Å². The molecule has 1 aromatic carbocycles. The van der Waals surface area contributed by atoms with Crippen molar-refractivity contribution in [3.05, 3.63) is 47.4 Å². The van der Waals surface area contributed by atoms with Gasteiger partial charge in [0.1, 0.15) is 18.1 Å². The van der Waals surface area contributed by atoms with Gasteiger partial charge in [0.15, 0.2) is 5.96 Å². The van der Waals surface area contributed by atoms with Gasteiger partial charge in [-0.05, 0) is 43.7 Å². The maximum atomic E-state index is 12.1. The average Bonchev–Trinajstić information content (AvgIpc) is 3.43. The summed E-state index contributed by atoms with van der Waals surface area (Å²) in [6.45, 7) is 4.74. The largest absolute Gasteiger partial charge is 0.495 e. The van der Waals surface area contributed by atoms with Gasteiger partial charge in [0, 0.05) is 30.7 Å². The van der Waals surface area contributed by atoms with E-state index in [2.05, 4.69) is 25.8 Å². The first kappa shape index (κ1) is 25.1. The van der Waals surface area contributed by atoms with Crippen LogP contribution in [0, 0.1) is 0 Å². The van der Waals surface area contributed by atoms with E-state index < -0.39 is 0 Å². The minimum atomic E-state index is -0.166. The number of furan rings is 1. The van der Waals surface area contributed by atoms with Gasteiger partial charge in [-0.3, -0.25) is 4.79 Å². The molecule has 1 saturated heterocycles. The predicted octanol–water partition coefficient (Wildman–Crippen LogP) is 3.01. The number of anilines is 1. The molecule has 2 aromatic rings. The summed E-state index contributed by atoms with van der Waals surface area (Å²) in [6.07, 6.45) is 2.52. The Morgan fingerprint density at radius 2 is 2.19 bits per heavy atom. The third-order valence-corrected chi connectivity index (χ3v) is 5.01. The Morgan fingerprint density at radius 1 is 1.35 bits per heavy atom. The summed E-state index contributed by atoms with van der Waals surface area (Å²) in [7, 11) is 1.66. The van der Waals surface area contributed by atoms with Gasteiger partial charge in [-0.1, -0.05) is 11.6 Å². The van der Waals surface area contributed by atoms with Crippen molar-refractivity contribution in [1.82, 2.24) is 16.0 Å². The van der Waals surface area contributed by atoms with Crippen LogP contribution in [0.1, 0.15) is 19.1 Å². The maximum Gasteiger partial charge on any atom is 0.242 e. The molecule has 3 rings (SSSR count). The molecule has 10 heteroatoms. The fourth-order valence-electron chi connectivity index (χ4n) is 3.33. The van der Waals surface area contributed by atoms with E-state index in [0.717, 1.165) is 30.9 Å². The first-order valence-electron chi connectivity index (χ1n) is 10.0. The van der Waals surface area contributed by atoms with Crippen LogP contribution in [0.25, 0.3) is 0 Å². The zero-order chi connectivity index (χ0) is 21.3. The lowest BCUT2D eigenvalue weighted by molar-refractivity contribution is -0.119. The zero-order valence-corrected chi connectivity index (χ0v) is 20.8. The van der Waals surface area contributed by atoms with Gasteiger partial charge < -0.3 is 30.0 Å². The molecule has 0 aliphatic carbocycles. The summed E-state index contributed by atoms with van der Waals surface area (Å²) in [5.74, 6) is 1.96. The van der Waals surface area contributed by atoms with Crippen LogP contribution in [-0.4, -0.2) is 51.2 Å². The van der Waals surface area contributed by atoms with Crippen molar-refractivity contribution in [2.24, 2.45) is 4.99 Å². The number of amides is 1. The molecule has 3 N–H and O–H groups in total. The molecule has 0 saturated carbocycles. The van der Waals surface area contributed by atoms with Gasteiger partial charge in [0.25, 0.3) is 0 Å². The van der Waals surface area contributed by atoms with Crippen molar-refractivity contribution in [2.75, 3.05) is 38.2 Å². The van der Waals surface area contributed by atoms with Gasteiger partial charge in [-0.15, -0.1) is 24.0 Å². The summed E-state index contributed by atoms with van der Waals surface area (Å²) in [6, 6.07) is 9.42. The summed E-state index contributed by atoms with van der Waals surface area (Å²) >= 11 is 6.17. The summed E-state index contributed by atoms with van der Waals surface area (Å²) in [5, 5.41) is 10.1. The summed E-state index contributed by atoms with van der Waals surface area (Å²) < 4.78 is 10.7. The first-order chi connectivity index (χ1) is 14.6. The molecule has 1 aromatic heterocycles. The summed E-state index contributed by atoms with van der Waals surface area (Å²) in [5.41, 5.74) is 0.980. The van der Waals surface area contributed by atoms with Crippen LogP contribution in [0.15, 0.2) is 46.0 Å². The van der Waals surface area contributed by atoms with E-state index in [1.807, 2.05) is 31.2 Å². The number of ether oxygens (including phenoxy) is 1. The Labute approximate surface area is 204 Å². The molecule has 1 amide bonds. The molecular weight excluding hydrogens is 533 g/mol. The predicted molar refractivity (Wildman–Crippen MR) is 134 cm³/mol. The fraction of sp³-hybridized carbons (Fsp3) is 0.429. The smallest absolute Gasteiger partial charge is 0.242 e. The molecule has 0 spiro atoms. The molecule has 1 aliphatic rings. The lowest BCUT2D eigenvalue weighted by Gasteiger charge is -2.22. The van der Waals surface area contributed by atoms with E-state index in [1.54, 1.807) is 19.4 Å². The van der Waals surface area contributed by atoms with Crippen molar-refractivity contribution in [2.45, 2.75) is 25.9 Å². The van der Waals surface area contributed by atoms with Gasteiger partial charge in [-0.2, -0.15) is 0 Å². The second-order valence-corrected chi connectivity index (χ2v) is 7.38. The van der Waals surface area contributed by atoms with Gasteiger partial charge in [-0.25, -0.2) is 4.99 Å². The monoisotopic (exact) mass is 561 g/mol. The number of nitrogens with zero attached hydrogens (tertiary/aromatic N) is 2. The molecule has 1 fully saturated rings. The minimum absolute atomic E-state index is 0. The molecular formula is C21H29ClIN5O3. The fourth-order valence-corrected chi connectivity index (χ4v) is 3.49. The van der Waals surface area contributed by atoms with Crippen molar-refractivity contribution < 1.29 is 13.9 Å². The van der Waals surface area contributed by atoms with E-state index in [0.29, 0.717) is 29.8 Å². The van der Waals surface area contributed by atoms with Crippen LogP contribution in [0.3, 0.4) is 0 Å². The molecule has 1 aliphatic heterocycles. The Hall–Kier alpha value is -2.14. The second-order valence-electron chi connectivity index (χ2n) is 6.94. The molecule has 8 nitrogen and oxygen atoms in total. The highest BCUT2D eigenvalue weighted by molar-refractivity contribution is 14.0.